The Bertz CT molecular complexity index is 411. The normalized spacial score (nSPS) is 24.5. The summed E-state index contributed by atoms with van der Waals surface area (Å²) in [6.45, 7) is 5.28. The highest BCUT2D eigenvalue weighted by molar-refractivity contribution is 7.13. The van der Waals surface area contributed by atoms with Crippen molar-refractivity contribution in [2.24, 2.45) is 0 Å². The lowest BCUT2D eigenvalue weighted by molar-refractivity contribution is -0.145. The van der Waals surface area contributed by atoms with Crippen molar-refractivity contribution in [1.82, 2.24) is 15.2 Å². The molecule has 0 aromatic carbocycles. The predicted molar refractivity (Wildman–Crippen MR) is 73.5 cm³/mol. The van der Waals surface area contributed by atoms with Gasteiger partial charge in [-0.3, -0.25) is 4.79 Å². The summed E-state index contributed by atoms with van der Waals surface area (Å²) < 4.78 is 5.51. The SMILES string of the molecule is O=C(C1CNCCO1)N1CCN(c2nccs2)CC1. The predicted octanol–water partition coefficient (Wildman–Crippen LogP) is -0.220. The van der Waals surface area contributed by atoms with Crippen LogP contribution in [0.5, 0.6) is 0 Å². The van der Waals surface area contributed by atoms with Crippen molar-refractivity contribution in [2.45, 2.75) is 6.10 Å². The van der Waals surface area contributed by atoms with Crippen molar-refractivity contribution in [3.8, 4) is 0 Å². The number of hydrogen-bond donors (Lipinski definition) is 1. The van der Waals surface area contributed by atoms with Gasteiger partial charge >= 0.3 is 0 Å². The molecule has 1 unspecified atom stereocenters. The molecule has 3 heterocycles. The van der Waals surface area contributed by atoms with Crippen molar-refractivity contribution in [2.75, 3.05) is 50.8 Å². The monoisotopic (exact) mass is 282 g/mol. The quantitative estimate of drug-likeness (QED) is 0.813. The third kappa shape index (κ3) is 2.88. The molecule has 1 atom stereocenters. The molecular weight excluding hydrogens is 264 g/mol. The van der Waals surface area contributed by atoms with Crippen LogP contribution >= 0.6 is 11.3 Å². The number of amides is 1. The number of anilines is 1. The van der Waals surface area contributed by atoms with Crippen molar-refractivity contribution in [3.63, 3.8) is 0 Å². The number of hydrogen-bond acceptors (Lipinski definition) is 6. The molecule has 3 rings (SSSR count). The zero-order chi connectivity index (χ0) is 13.1. The van der Waals surface area contributed by atoms with Gasteiger partial charge in [0.1, 0.15) is 6.10 Å². The van der Waals surface area contributed by atoms with Crippen LogP contribution in [0.4, 0.5) is 5.13 Å². The van der Waals surface area contributed by atoms with E-state index in [-0.39, 0.29) is 12.0 Å². The lowest BCUT2D eigenvalue weighted by Crippen LogP contribution is -2.55. The number of rotatable bonds is 2. The maximum Gasteiger partial charge on any atom is 0.253 e. The highest BCUT2D eigenvalue weighted by atomic mass is 32.1. The van der Waals surface area contributed by atoms with E-state index in [9.17, 15) is 4.79 Å². The number of thiazole rings is 1. The first-order valence-corrected chi connectivity index (χ1v) is 7.48. The molecule has 0 saturated carbocycles. The number of nitrogens with zero attached hydrogens (tertiary/aromatic N) is 3. The summed E-state index contributed by atoms with van der Waals surface area (Å²) in [6.07, 6.45) is 1.51. The van der Waals surface area contributed by atoms with Gasteiger partial charge in [0.25, 0.3) is 5.91 Å². The van der Waals surface area contributed by atoms with Gasteiger partial charge in [0, 0.05) is 50.8 Å². The molecule has 19 heavy (non-hydrogen) atoms. The molecule has 1 N–H and O–H groups in total. The zero-order valence-electron chi connectivity index (χ0n) is 10.7. The molecule has 1 aromatic rings. The standard InChI is InChI=1S/C12H18N4O2S/c17-11(10-9-13-1-7-18-10)15-3-5-16(6-4-15)12-14-2-8-19-12/h2,8,10,13H,1,3-7,9H2. The van der Waals surface area contributed by atoms with Gasteiger partial charge < -0.3 is 19.9 Å². The Balaban J connectivity index is 1.53. The van der Waals surface area contributed by atoms with E-state index < -0.39 is 0 Å². The molecule has 7 heteroatoms. The Morgan fingerprint density at radius 1 is 1.42 bits per heavy atom. The van der Waals surface area contributed by atoms with Crippen LogP contribution in [0.15, 0.2) is 11.6 Å². The molecule has 2 aliphatic rings. The van der Waals surface area contributed by atoms with Crippen molar-refractivity contribution in [1.29, 1.82) is 0 Å². The Kier molecular flexibility index (Phi) is 3.95. The summed E-state index contributed by atoms with van der Waals surface area (Å²) >= 11 is 1.64. The molecule has 1 amide bonds. The van der Waals surface area contributed by atoms with E-state index in [1.54, 1.807) is 11.3 Å². The van der Waals surface area contributed by atoms with Crippen LogP contribution in [0.1, 0.15) is 0 Å². The Morgan fingerprint density at radius 2 is 2.26 bits per heavy atom. The van der Waals surface area contributed by atoms with E-state index in [4.69, 9.17) is 4.74 Å². The summed E-state index contributed by atoms with van der Waals surface area (Å²) in [7, 11) is 0. The summed E-state index contributed by atoms with van der Waals surface area (Å²) in [6, 6.07) is 0. The van der Waals surface area contributed by atoms with E-state index >= 15 is 0 Å². The summed E-state index contributed by atoms with van der Waals surface area (Å²) in [4.78, 5) is 20.7. The number of carbonyl (C=O) groups is 1. The van der Waals surface area contributed by atoms with Gasteiger partial charge in [-0.15, -0.1) is 11.3 Å². The lowest BCUT2D eigenvalue weighted by Gasteiger charge is -2.36. The Labute approximate surface area is 116 Å². The second kappa shape index (κ2) is 5.85. The number of piperazine rings is 1. The zero-order valence-corrected chi connectivity index (χ0v) is 11.6. The van der Waals surface area contributed by atoms with Crippen LogP contribution in [0.3, 0.4) is 0 Å². The smallest absolute Gasteiger partial charge is 0.253 e. The highest BCUT2D eigenvalue weighted by Gasteiger charge is 2.29. The first-order chi connectivity index (χ1) is 9.34. The van der Waals surface area contributed by atoms with E-state index in [2.05, 4.69) is 15.2 Å². The molecular formula is C12H18N4O2S. The Morgan fingerprint density at radius 3 is 2.89 bits per heavy atom. The van der Waals surface area contributed by atoms with Crippen LogP contribution in [-0.4, -0.2) is 67.8 Å². The topological polar surface area (TPSA) is 57.7 Å². The highest BCUT2D eigenvalue weighted by Crippen LogP contribution is 2.19. The molecule has 6 nitrogen and oxygen atoms in total. The second-order valence-electron chi connectivity index (χ2n) is 4.69. The van der Waals surface area contributed by atoms with Gasteiger partial charge in [0.05, 0.1) is 6.61 Å². The van der Waals surface area contributed by atoms with E-state index in [0.717, 1.165) is 37.9 Å². The maximum absolute atomic E-state index is 12.3. The van der Waals surface area contributed by atoms with E-state index in [1.807, 2.05) is 16.5 Å². The van der Waals surface area contributed by atoms with Crippen molar-refractivity contribution < 1.29 is 9.53 Å². The van der Waals surface area contributed by atoms with Crippen LogP contribution < -0.4 is 10.2 Å². The first kappa shape index (κ1) is 12.8. The fourth-order valence-corrected chi connectivity index (χ4v) is 3.11. The second-order valence-corrected chi connectivity index (χ2v) is 5.56. The van der Waals surface area contributed by atoms with Crippen molar-refractivity contribution in [3.05, 3.63) is 11.6 Å². The third-order valence-electron chi connectivity index (χ3n) is 3.48. The molecule has 2 saturated heterocycles. The van der Waals surface area contributed by atoms with Gasteiger partial charge in [0.15, 0.2) is 5.13 Å². The van der Waals surface area contributed by atoms with Gasteiger partial charge in [-0.1, -0.05) is 0 Å². The average molecular weight is 282 g/mol. The summed E-state index contributed by atoms with van der Waals surface area (Å²) in [5, 5.41) is 6.22. The number of nitrogens with one attached hydrogen (secondary N) is 1. The lowest BCUT2D eigenvalue weighted by atomic mass is 10.2. The summed E-state index contributed by atoms with van der Waals surface area (Å²) in [5.74, 6) is 0.117. The Hall–Kier alpha value is -1.18. The molecule has 2 fully saturated rings. The minimum absolute atomic E-state index is 0.117. The molecule has 0 bridgehead atoms. The molecule has 104 valence electrons. The molecule has 1 aromatic heterocycles. The van der Waals surface area contributed by atoms with Crippen LogP contribution in [0.25, 0.3) is 0 Å². The maximum atomic E-state index is 12.3. The number of ether oxygens (including phenoxy) is 1. The van der Waals surface area contributed by atoms with Crippen LogP contribution in [-0.2, 0) is 9.53 Å². The van der Waals surface area contributed by atoms with Gasteiger partial charge in [-0.05, 0) is 0 Å². The third-order valence-corrected chi connectivity index (χ3v) is 4.32. The first-order valence-electron chi connectivity index (χ1n) is 6.60. The largest absolute Gasteiger partial charge is 0.366 e. The van der Waals surface area contributed by atoms with E-state index in [1.165, 1.54) is 0 Å². The van der Waals surface area contributed by atoms with Gasteiger partial charge in [-0.2, -0.15) is 0 Å². The van der Waals surface area contributed by atoms with Gasteiger partial charge in [0.2, 0.25) is 0 Å². The number of aromatic nitrogens is 1. The molecule has 0 spiro atoms. The fraction of sp³-hybridized carbons (Fsp3) is 0.667. The fourth-order valence-electron chi connectivity index (χ4n) is 2.42. The molecule has 0 radical (unpaired) electrons. The molecule has 0 aliphatic carbocycles. The number of morpholine rings is 1. The minimum atomic E-state index is -0.305. The van der Waals surface area contributed by atoms with E-state index in [0.29, 0.717) is 13.2 Å². The van der Waals surface area contributed by atoms with Crippen molar-refractivity contribution >= 4 is 22.4 Å². The van der Waals surface area contributed by atoms with Crippen LogP contribution in [0.2, 0.25) is 0 Å². The molecule has 2 aliphatic heterocycles. The van der Waals surface area contributed by atoms with Crippen LogP contribution in [0, 0.1) is 0 Å². The summed E-state index contributed by atoms with van der Waals surface area (Å²) in [5.41, 5.74) is 0. The average Bonchev–Trinajstić information content (AvgIpc) is 3.02. The minimum Gasteiger partial charge on any atom is -0.366 e. The number of carbonyl (C=O) groups excluding carboxylic acids is 1. The van der Waals surface area contributed by atoms with Gasteiger partial charge in [-0.25, -0.2) is 4.98 Å².